The lowest BCUT2D eigenvalue weighted by molar-refractivity contribution is 0.127. The lowest BCUT2D eigenvalue weighted by Gasteiger charge is -2.35. The van der Waals surface area contributed by atoms with Crippen LogP contribution in [0.4, 0.5) is 0 Å². The summed E-state index contributed by atoms with van der Waals surface area (Å²) in [5.41, 5.74) is 0.440. The molecule has 1 nitrogen and oxygen atoms in total. The van der Waals surface area contributed by atoms with Crippen LogP contribution in [0.2, 0.25) is 0 Å². The van der Waals surface area contributed by atoms with Crippen LogP contribution in [0.15, 0.2) is 24.3 Å². The van der Waals surface area contributed by atoms with Gasteiger partial charge in [0, 0.05) is 0 Å². The van der Waals surface area contributed by atoms with E-state index in [0.717, 1.165) is 12.8 Å². The summed E-state index contributed by atoms with van der Waals surface area (Å²) < 4.78 is 0. The van der Waals surface area contributed by atoms with Gasteiger partial charge in [0.25, 0.3) is 0 Å². The topological polar surface area (TPSA) is 20.2 Å². The summed E-state index contributed by atoms with van der Waals surface area (Å²) in [6.07, 6.45) is 10.7. The summed E-state index contributed by atoms with van der Waals surface area (Å²) in [7, 11) is 0. The monoisotopic (exact) mass is 222 g/mol. The maximum atomic E-state index is 9.75. The van der Waals surface area contributed by atoms with Crippen LogP contribution in [-0.2, 0) is 0 Å². The van der Waals surface area contributed by atoms with Gasteiger partial charge in [-0.1, -0.05) is 58.9 Å². The lowest BCUT2D eigenvalue weighted by atomic mass is 9.69. The highest BCUT2D eigenvalue weighted by atomic mass is 16.3. The standard InChI is InChI=1S/C15H26O/c1-12(2)13(16)8-6-10-15(5)11-7-9-14(15,3)4/h6-7,9-10,12-13,16H,8,11H2,1-5H3. The molecule has 1 heteroatoms. The molecular weight excluding hydrogens is 196 g/mol. The smallest absolute Gasteiger partial charge is 0.0597 e. The molecule has 0 heterocycles. The summed E-state index contributed by atoms with van der Waals surface area (Å²) in [4.78, 5) is 0. The van der Waals surface area contributed by atoms with Crippen LogP contribution < -0.4 is 0 Å². The van der Waals surface area contributed by atoms with E-state index >= 15 is 0 Å². The highest BCUT2D eigenvalue weighted by Crippen LogP contribution is 2.48. The van der Waals surface area contributed by atoms with E-state index in [4.69, 9.17) is 0 Å². The van der Waals surface area contributed by atoms with Gasteiger partial charge in [-0.25, -0.2) is 0 Å². The third-order valence-corrected chi connectivity index (χ3v) is 4.18. The van der Waals surface area contributed by atoms with Crippen molar-refractivity contribution in [1.82, 2.24) is 0 Å². The molecule has 0 saturated heterocycles. The molecule has 1 aliphatic carbocycles. The van der Waals surface area contributed by atoms with Gasteiger partial charge in [-0.2, -0.15) is 0 Å². The molecule has 0 radical (unpaired) electrons. The van der Waals surface area contributed by atoms with Gasteiger partial charge in [0.2, 0.25) is 0 Å². The zero-order chi connectivity index (χ0) is 12.4. The van der Waals surface area contributed by atoms with E-state index < -0.39 is 0 Å². The van der Waals surface area contributed by atoms with Gasteiger partial charge in [0.15, 0.2) is 0 Å². The quantitative estimate of drug-likeness (QED) is 0.714. The van der Waals surface area contributed by atoms with E-state index in [-0.39, 0.29) is 16.9 Å². The van der Waals surface area contributed by atoms with Crippen LogP contribution >= 0.6 is 0 Å². The molecule has 0 aliphatic heterocycles. The maximum Gasteiger partial charge on any atom is 0.0597 e. The number of aliphatic hydroxyl groups excluding tert-OH is 1. The summed E-state index contributed by atoms with van der Waals surface area (Å²) in [5, 5.41) is 9.75. The molecule has 1 rings (SSSR count). The number of allylic oxidation sites excluding steroid dienone is 3. The molecule has 0 saturated carbocycles. The second kappa shape index (κ2) is 4.75. The fourth-order valence-electron chi connectivity index (χ4n) is 2.07. The molecule has 1 N–H and O–H groups in total. The molecule has 2 atom stereocenters. The Morgan fingerprint density at radius 3 is 2.38 bits per heavy atom. The molecule has 92 valence electrons. The molecule has 0 fully saturated rings. The Balaban J connectivity index is 2.58. The fourth-order valence-corrected chi connectivity index (χ4v) is 2.07. The second-order valence-corrected chi connectivity index (χ2v) is 6.20. The maximum absolute atomic E-state index is 9.75. The third kappa shape index (κ3) is 2.76. The predicted molar refractivity (Wildman–Crippen MR) is 70.2 cm³/mol. The number of hydrogen-bond acceptors (Lipinski definition) is 1. The van der Waals surface area contributed by atoms with E-state index in [1.54, 1.807) is 0 Å². The molecule has 1 aliphatic rings. The number of aliphatic hydroxyl groups is 1. The first kappa shape index (κ1) is 13.5. The van der Waals surface area contributed by atoms with Crippen LogP contribution in [0.3, 0.4) is 0 Å². The van der Waals surface area contributed by atoms with Crippen molar-refractivity contribution in [3.63, 3.8) is 0 Å². The third-order valence-electron chi connectivity index (χ3n) is 4.18. The van der Waals surface area contributed by atoms with Gasteiger partial charge in [-0.15, -0.1) is 0 Å². The lowest BCUT2D eigenvalue weighted by Crippen LogP contribution is -2.27. The van der Waals surface area contributed by atoms with Crippen molar-refractivity contribution in [2.75, 3.05) is 0 Å². The van der Waals surface area contributed by atoms with Crippen molar-refractivity contribution >= 4 is 0 Å². The Labute approximate surface area is 100 Å². The first-order valence-corrected chi connectivity index (χ1v) is 6.32. The zero-order valence-electron chi connectivity index (χ0n) is 11.3. The van der Waals surface area contributed by atoms with Gasteiger partial charge >= 0.3 is 0 Å². The van der Waals surface area contributed by atoms with Crippen LogP contribution in [0.5, 0.6) is 0 Å². The van der Waals surface area contributed by atoms with Crippen molar-refractivity contribution in [2.45, 2.75) is 53.6 Å². The Morgan fingerprint density at radius 1 is 1.31 bits per heavy atom. The molecular formula is C15H26O. The van der Waals surface area contributed by atoms with Crippen LogP contribution in [0.25, 0.3) is 0 Å². The van der Waals surface area contributed by atoms with Gasteiger partial charge in [0.05, 0.1) is 6.10 Å². The van der Waals surface area contributed by atoms with Gasteiger partial charge < -0.3 is 5.11 Å². The minimum Gasteiger partial charge on any atom is -0.393 e. The molecule has 0 aromatic rings. The summed E-state index contributed by atoms with van der Waals surface area (Å²) >= 11 is 0. The number of hydrogen-bond donors (Lipinski definition) is 1. The molecule has 0 aromatic carbocycles. The Morgan fingerprint density at radius 2 is 1.94 bits per heavy atom. The zero-order valence-corrected chi connectivity index (χ0v) is 11.3. The largest absolute Gasteiger partial charge is 0.393 e. The summed E-state index contributed by atoms with van der Waals surface area (Å²) in [6.45, 7) is 11.0. The van der Waals surface area contributed by atoms with Crippen LogP contribution in [-0.4, -0.2) is 11.2 Å². The predicted octanol–water partition coefficient (Wildman–Crippen LogP) is 3.94. The minimum absolute atomic E-state index is 0.211. The minimum atomic E-state index is -0.211. The van der Waals surface area contributed by atoms with Crippen molar-refractivity contribution in [3.05, 3.63) is 24.3 Å². The molecule has 0 spiro atoms. The average molecular weight is 222 g/mol. The molecule has 16 heavy (non-hydrogen) atoms. The summed E-state index contributed by atoms with van der Waals surface area (Å²) in [6, 6.07) is 0. The molecule has 0 amide bonds. The van der Waals surface area contributed by atoms with Crippen LogP contribution in [0, 0.1) is 16.7 Å². The van der Waals surface area contributed by atoms with E-state index in [1.807, 2.05) is 0 Å². The van der Waals surface area contributed by atoms with E-state index in [2.05, 4.69) is 58.9 Å². The van der Waals surface area contributed by atoms with Crippen molar-refractivity contribution < 1.29 is 5.11 Å². The second-order valence-electron chi connectivity index (χ2n) is 6.20. The summed E-state index contributed by atoms with van der Waals surface area (Å²) in [5.74, 6) is 0.340. The molecule has 0 aromatic heterocycles. The van der Waals surface area contributed by atoms with Gasteiger partial charge in [0.1, 0.15) is 0 Å². The van der Waals surface area contributed by atoms with Crippen LogP contribution in [0.1, 0.15) is 47.5 Å². The Bertz CT molecular complexity index is 286. The first-order valence-electron chi connectivity index (χ1n) is 6.32. The van der Waals surface area contributed by atoms with Crippen molar-refractivity contribution in [3.8, 4) is 0 Å². The molecule has 2 unspecified atom stereocenters. The Kier molecular flexibility index (Phi) is 4.01. The van der Waals surface area contributed by atoms with Gasteiger partial charge in [-0.3, -0.25) is 0 Å². The van der Waals surface area contributed by atoms with Gasteiger partial charge in [-0.05, 0) is 29.6 Å². The first-order chi connectivity index (χ1) is 7.28. The number of rotatable bonds is 4. The van der Waals surface area contributed by atoms with E-state index in [1.165, 1.54) is 0 Å². The highest BCUT2D eigenvalue weighted by Gasteiger charge is 2.39. The normalized spacial score (nSPS) is 30.4. The van der Waals surface area contributed by atoms with E-state index in [0.29, 0.717) is 5.92 Å². The Hall–Kier alpha value is -0.560. The highest BCUT2D eigenvalue weighted by molar-refractivity contribution is 5.20. The fraction of sp³-hybridized carbons (Fsp3) is 0.733. The average Bonchev–Trinajstić information content (AvgIpc) is 2.41. The van der Waals surface area contributed by atoms with Crippen molar-refractivity contribution in [2.24, 2.45) is 16.7 Å². The SMILES string of the molecule is CC(C)C(O)CC=CC1(C)CC=CC1(C)C. The van der Waals surface area contributed by atoms with Crippen molar-refractivity contribution in [1.29, 1.82) is 0 Å². The van der Waals surface area contributed by atoms with E-state index in [9.17, 15) is 5.11 Å². The molecule has 0 bridgehead atoms.